The number of alkyl halides is 3. The fourth-order valence-corrected chi connectivity index (χ4v) is 4.90. The van der Waals surface area contributed by atoms with Crippen LogP contribution < -0.4 is 9.46 Å². The molecule has 1 aromatic heterocycles. The van der Waals surface area contributed by atoms with E-state index in [0.29, 0.717) is 22.2 Å². The normalized spacial score (nSPS) is 12.9. The van der Waals surface area contributed by atoms with E-state index in [9.17, 15) is 26.4 Å². The SMILES string of the molecule is O=C(NS(=O)(=O)c1ccccc1)C(Cc1cccc(OC(F)(F)F)c1)c1ccc2nsnc2c1. The molecule has 7 nitrogen and oxygen atoms in total. The topological polar surface area (TPSA) is 98.2 Å². The molecule has 176 valence electrons. The molecule has 12 heteroatoms. The highest BCUT2D eigenvalue weighted by Crippen LogP contribution is 2.28. The van der Waals surface area contributed by atoms with Crippen molar-refractivity contribution in [1.29, 1.82) is 0 Å². The molecule has 0 saturated carbocycles. The Kier molecular flexibility index (Phi) is 6.53. The standard InChI is InChI=1S/C22H16F3N3O4S2/c23-22(24,25)32-16-6-4-5-14(11-16)12-18(15-9-10-19-20(13-15)27-33-26-19)21(29)28-34(30,31)17-7-2-1-3-8-17/h1-11,13,18H,12H2,(H,28,29). The van der Waals surface area contributed by atoms with Gasteiger partial charge in [-0.2, -0.15) is 8.75 Å². The van der Waals surface area contributed by atoms with Crippen molar-refractivity contribution in [3.63, 3.8) is 0 Å². The van der Waals surface area contributed by atoms with E-state index < -0.39 is 34.0 Å². The van der Waals surface area contributed by atoms with Crippen molar-refractivity contribution in [2.45, 2.75) is 23.6 Å². The van der Waals surface area contributed by atoms with Crippen LogP contribution in [-0.2, 0) is 21.2 Å². The molecule has 1 atom stereocenters. The molecule has 1 N–H and O–H groups in total. The van der Waals surface area contributed by atoms with Gasteiger partial charge in [-0.1, -0.05) is 36.4 Å². The minimum Gasteiger partial charge on any atom is -0.406 e. The Labute approximate surface area is 196 Å². The number of halogens is 3. The van der Waals surface area contributed by atoms with Crippen LogP contribution >= 0.6 is 11.7 Å². The zero-order valence-corrected chi connectivity index (χ0v) is 18.8. The first-order valence-corrected chi connectivity index (χ1v) is 12.0. The van der Waals surface area contributed by atoms with Crippen LogP contribution in [0.2, 0.25) is 0 Å². The molecule has 0 aliphatic heterocycles. The van der Waals surface area contributed by atoms with Gasteiger partial charge in [0.2, 0.25) is 5.91 Å². The average molecular weight is 508 g/mol. The number of sulfonamides is 1. The van der Waals surface area contributed by atoms with Gasteiger partial charge in [0.1, 0.15) is 16.8 Å². The summed E-state index contributed by atoms with van der Waals surface area (Å²) in [7, 11) is -4.17. The highest BCUT2D eigenvalue weighted by atomic mass is 32.2. The van der Waals surface area contributed by atoms with Gasteiger partial charge in [0.15, 0.2) is 0 Å². The number of carbonyl (C=O) groups is 1. The highest BCUT2D eigenvalue weighted by Gasteiger charge is 2.31. The maximum Gasteiger partial charge on any atom is 0.573 e. The summed E-state index contributed by atoms with van der Waals surface area (Å²) in [5.74, 6) is -2.33. The summed E-state index contributed by atoms with van der Waals surface area (Å²) >= 11 is 0.981. The van der Waals surface area contributed by atoms with Crippen molar-refractivity contribution in [1.82, 2.24) is 13.5 Å². The van der Waals surface area contributed by atoms with E-state index in [2.05, 4.69) is 18.2 Å². The van der Waals surface area contributed by atoms with Gasteiger partial charge in [0.25, 0.3) is 10.0 Å². The molecule has 4 aromatic rings. The van der Waals surface area contributed by atoms with Crippen LogP contribution in [0.5, 0.6) is 5.75 Å². The highest BCUT2D eigenvalue weighted by molar-refractivity contribution is 7.90. The van der Waals surface area contributed by atoms with E-state index in [0.717, 1.165) is 23.9 Å². The predicted molar refractivity (Wildman–Crippen MR) is 119 cm³/mol. The van der Waals surface area contributed by atoms with Gasteiger partial charge in [-0.05, 0) is 53.9 Å². The van der Waals surface area contributed by atoms with E-state index in [-0.39, 0.29) is 11.3 Å². The number of benzene rings is 3. The fourth-order valence-electron chi connectivity index (χ4n) is 3.35. The molecular formula is C22H16F3N3O4S2. The van der Waals surface area contributed by atoms with Crippen molar-refractivity contribution in [2.24, 2.45) is 0 Å². The minimum absolute atomic E-state index is 0.0890. The smallest absolute Gasteiger partial charge is 0.406 e. The molecule has 4 rings (SSSR count). The monoisotopic (exact) mass is 507 g/mol. The van der Waals surface area contributed by atoms with Crippen molar-refractivity contribution in [3.8, 4) is 5.75 Å². The summed E-state index contributed by atoms with van der Waals surface area (Å²) in [4.78, 5) is 13.1. The maximum atomic E-state index is 13.2. The van der Waals surface area contributed by atoms with Crippen LogP contribution in [0.3, 0.4) is 0 Å². The third-order valence-electron chi connectivity index (χ3n) is 4.86. The molecular weight excluding hydrogens is 491 g/mol. The summed E-state index contributed by atoms with van der Waals surface area (Å²) < 4.78 is 77.6. The summed E-state index contributed by atoms with van der Waals surface area (Å²) in [5.41, 5.74) is 1.89. The molecule has 0 aliphatic rings. The number of ether oxygens (including phenoxy) is 1. The average Bonchev–Trinajstić information content (AvgIpc) is 3.25. The molecule has 0 spiro atoms. The third kappa shape index (κ3) is 5.69. The first-order valence-electron chi connectivity index (χ1n) is 9.79. The van der Waals surface area contributed by atoms with E-state index in [4.69, 9.17) is 0 Å². The first kappa shape index (κ1) is 23.6. The fraction of sp³-hybridized carbons (Fsp3) is 0.136. The Balaban J connectivity index is 1.67. The lowest BCUT2D eigenvalue weighted by atomic mass is 9.91. The molecule has 1 heterocycles. The molecule has 0 aliphatic carbocycles. The lowest BCUT2D eigenvalue weighted by Crippen LogP contribution is -2.35. The number of amides is 1. The Morgan fingerprint density at radius 2 is 1.71 bits per heavy atom. The number of hydrogen-bond acceptors (Lipinski definition) is 7. The Morgan fingerprint density at radius 3 is 2.44 bits per heavy atom. The van der Waals surface area contributed by atoms with Crippen LogP contribution in [0.1, 0.15) is 17.0 Å². The quantitative estimate of drug-likeness (QED) is 0.398. The Morgan fingerprint density at radius 1 is 0.971 bits per heavy atom. The number of aromatic nitrogens is 2. The number of nitrogens with zero attached hydrogens (tertiary/aromatic N) is 2. The Hall–Kier alpha value is -3.51. The van der Waals surface area contributed by atoms with Crippen molar-refractivity contribution >= 4 is 38.7 Å². The lowest BCUT2D eigenvalue weighted by molar-refractivity contribution is -0.274. The molecule has 1 unspecified atom stereocenters. The molecule has 1 amide bonds. The van der Waals surface area contributed by atoms with Crippen LogP contribution in [-0.4, -0.2) is 29.4 Å². The number of fused-ring (bicyclic) bond motifs is 1. The first-order chi connectivity index (χ1) is 16.1. The largest absolute Gasteiger partial charge is 0.573 e. The van der Waals surface area contributed by atoms with Gasteiger partial charge in [-0.3, -0.25) is 4.79 Å². The maximum absolute atomic E-state index is 13.2. The third-order valence-corrected chi connectivity index (χ3v) is 6.78. The van der Waals surface area contributed by atoms with E-state index in [1.807, 2.05) is 0 Å². The number of carbonyl (C=O) groups excluding carboxylic acids is 1. The van der Waals surface area contributed by atoms with Crippen molar-refractivity contribution in [3.05, 3.63) is 83.9 Å². The molecule has 0 fully saturated rings. The predicted octanol–water partition coefficient (Wildman–Crippen LogP) is 4.42. The molecule has 0 bridgehead atoms. The van der Waals surface area contributed by atoms with Gasteiger partial charge < -0.3 is 4.74 Å². The Bertz CT molecular complexity index is 1420. The van der Waals surface area contributed by atoms with E-state index in [1.165, 1.54) is 36.4 Å². The second-order valence-electron chi connectivity index (χ2n) is 7.25. The molecule has 0 radical (unpaired) electrons. The number of nitrogens with one attached hydrogen (secondary N) is 1. The van der Waals surface area contributed by atoms with Crippen molar-refractivity contribution in [2.75, 3.05) is 0 Å². The molecule has 34 heavy (non-hydrogen) atoms. The zero-order chi connectivity index (χ0) is 24.3. The van der Waals surface area contributed by atoms with Crippen molar-refractivity contribution < 1.29 is 31.1 Å². The number of rotatable bonds is 7. The van der Waals surface area contributed by atoms with E-state index in [1.54, 1.807) is 24.3 Å². The van der Waals surface area contributed by atoms with Crippen LogP contribution in [0.15, 0.2) is 77.7 Å². The van der Waals surface area contributed by atoms with Crippen LogP contribution in [0.25, 0.3) is 11.0 Å². The molecule has 0 saturated heterocycles. The molecule has 3 aromatic carbocycles. The van der Waals surface area contributed by atoms with Gasteiger partial charge >= 0.3 is 6.36 Å². The number of hydrogen-bond donors (Lipinski definition) is 1. The van der Waals surface area contributed by atoms with E-state index >= 15 is 0 Å². The summed E-state index contributed by atoms with van der Waals surface area (Å²) in [6, 6.07) is 17.4. The van der Waals surface area contributed by atoms with Crippen LogP contribution in [0.4, 0.5) is 13.2 Å². The zero-order valence-electron chi connectivity index (χ0n) is 17.2. The van der Waals surface area contributed by atoms with Gasteiger partial charge in [0.05, 0.1) is 22.5 Å². The summed E-state index contributed by atoms with van der Waals surface area (Å²) in [6.07, 6.45) is -4.96. The summed E-state index contributed by atoms with van der Waals surface area (Å²) in [6.45, 7) is 0. The second kappa shape index (κ2) is 9.39. The lowest BCUT2D eigenvalue weighted by Gasteiger charge is -2.18. The van der Waals surface area contributed by atoms with Gasteiger partial charge in [0, 0.05) is 0 Å². The van der Waals surface area contributed by atoms with Gasteiger partial charge in [-0.15, -0.1) is 13.2 Å². The van der Waals surface area contributed by atoms with Crippen LogP contribution in [0, 0.1) is 0 Å². The summed E-state index contributed by atoms with van der Waals surface area (Å²) in [5, 5.41) is 0. The van der Waals surface area contributed by atoms with Gasteiger partial charge in [-0.25, -0.2) is 13.1 Å². The second-order valence-corrected chi connectivity index (χ2v) is 9.46. The minimum atomic E-state index is -4.87.